The minimum Gasteiger partial charge on any atom is -0.436 e. The summed E-state index contributed by atoms with van der Waals surface area (Å²) in [5.74, 6) is -2.35. The summed E-state index contributed by atoms with van der Waals surface area (Å²) in [5, 5.41) is 10.6. The van der Waals surface area contributed by atoms with Crippen molar-refractivity contribution < 1.29 is 44.3 Å². The molecule has 0 unspecified atom stereocenters. The number of nitrogens with zero attached hydrogens (tertiary/aromatic N) is 2. The van der Waals surface area contributed by atoms with E-state index in [0.29, 0.717) is 33.7 Å². The normalized spacial score (nSPS) is 12.9. The molecule has 0 saturated heterocycles. The molecule has 0 bridgehead atoms. The Morgan fingerprint density at radius 2 is 1.21 bits per heavy atom. The minimum atomic E-state index is -5.79. The van der Waals surface area contributed by atoms with E-state index >= 15 is 0 Å². The molecule has 0 atom stereocenters. The molecule has 2 aromatic heterocycles. The smallest absolute Gasteiger partial charge is 0.420 e. The van der Waals surface area contributed by atoms with Gasteiger partial charge in [-0.1, -0.05) is 42.5 Å². The molecule has 0 N–H and O–H groups in total. The summed E-state index contributed by atoms with van der Waals surface area (Å²) in [6.45, 7) is 0.615. The van der Waals surface area contributed by atoms with E-state index in [1.54, 1.807) is 30.3 Å². The number of fused-ring (bicyclic) bond motifs is 3. The second-order valence-electron chi connectivity index (χ2n) is 9.64. The Balaban J connectivity index is 1.65. The van der Waals surface area contributed by atoms with Crippen LogP contribution in [-0.2, 0) is 18.5 Å². The summed E-state index contributed by atoms with van der Waals surface area (Å²) in [4.78, 5) is 0.631. The number of halogens is 9. The summed E-state index contributed by atoms with van der Waals surface area (Å²) in [6, 6.07) is 18.7. The standard InChI is InChI=1S/C30H15F9N2OS/c1-14-20(28(31,32)33)13-21(29(34,35)36)24(30(37,38)39)26(14)42-27-19-11-16-7-3-2-6-15(16)10-18(19)25(40-41-27)23-12-17-8-4-5-9-22(17)43-23/h2-13H,1H3. The highest BCUT2D eigenvalue weighted by atomic mass is 32.1. The maximum absolute atomic E-state index is 14.2. The summed E-state index contributed by atoms with van der Waals surface area (Å²) in [6.07, 6.45) is -16.9. The van der Waals surface area contributed by atoms with Crippen molar-refractivity contribution in [2.45, 2.75) is 25.5 Å². The van der Waals surface area contributed by atoms with Gasteiger partial charge in [0.05, 0.1) is 16.0 Å². The van der Waals surface area contributed by atoms with Crippen molar-refractivity contribution in [2.75, 3.05) is 0 Å². The Morgan fingerprint density at radius 1 is 0.628 bits per heavy atom. The third kappa shape index (κ3) is 5.11. The molecule has 0 radical (unpaired) electrons. The third-order valence-corrected chi connectivity index (χ3v) is 8.02. The minimum absolute atomic E-state index is 0.0413. The molecule has 0 fully saturated rings. The second-order valence-corrected chi connectivity index (χ2v) is 10.7. The first-order valence-corrected chi connectivity index (χ1v) is 13.2. The molecule has 13 heteroatoms. The van der Waals surface area contributed by atoms with E-state index in [4.69, 9.17) is 4.74 Å². The number of ether oxygens (including phenoxy) is 1. The fraction of sp³-hybridized carbons (Fsp3) is 0.133. The highest BCUT2D eigenvalue weighted by molar-refractivity contribution is 7.22. The van der Waals surface area contributed by atoms with Gasteiger partial charge in [0.1, 0.15) is 17.0 Å². The SMILES string of the molecule is Cc1c(C(F)(F)F)cc(C(F)(F)F)c(C(F)(F)F)c1Oc1nnc(-c2cc3ccccc3s2)c2cc3ccccc3cc12. The van der Waals surface area contributed by atoms with E-state index in [2.05, 4.69) is 10.2 Å². The first-order chi connectivity index (χ1) is 20.1. The number of hydrogen-bond donors (Lipinski definition) is 0. The first-order valence-electron chi connectivity index (χ1n) is 12.4. The van der Waals surface area contributed by atoms with Gasteiger partial charge in [-0.2, -0.15) is 39.5 Å². The predicted molar refractivity (Wildman–Crippen MR) is 144 cm³/mol. The molecule has 4 aromatic carbocycles. The zero-order chi connectivity index (χ0) is 30.9. The van der Waals surface area contributed by atoms with Crippen LogP contribution < -0.4 is 4.74 Å². The number of rotatable bonds is 3. The van der Waals surface area contributed by atoms with Crippen LogP contribution in [0.5, 0.6) is 11.6 Å². The van der Waals surface area contributed by atoms with Gasteiger partial charge in [0, 0.05) is 21.0 Å². The lowest BCUT2D eigenvalue weighted by Crippen LogP contribution is -2.21. The summed E-state index contributed by atoms with van der Waals surface area (Å²) >= 11 is 1.36. The van der Waals surface area contributed by atoms with Crippen molar-refractivity contribution in [1.82, 2.24) is 10.2 Å². The second kappa shape index (κ2) is 9.83. The van der Waals surface area contributed by atoms with Crippen LogP contribution in [0.2, 0.25) is 0 Å². The zero-order valence-corrected chi connectivity index (χ0v) is 22.4. The Hall–Kier alpha value is -4.39. The van der Waals surface area contributed by atoms with E-state index in [1.165, 1.54) is 17.4 Å². The lowest BCUT2D eigenvalue weighted by molar-refractivity contribution is -0.164. The van der Waals surface area contributed by atoms with Crippen LogP contribution in [0.25, 0.3) is 42.2 Å². The van der Waals surface area contributed by atoms with Gasteiger partial charge < -0.3 is 4.74 Å². The molecular weight excluding hydrogens is 607 g/mol. The molecule has 0 aliphatic heterocycles. The monoisotopic (exact) mass is 622 g/mol. The van der Waals surface area contributed by atoms with Gasteiger partial charge in [-0.15, -0.1) is 21.5 Å². The first kappa shape index (κ1) is 28.7. The lowest BCUT2D eigenvalue weighted by Gasteiger charge is -2.24. The summed E-state index contributed by atoms with van der Waals surface area (Å²) < 4.78 is 132. The number of thiophene rings is 1. The van der Waals surface area contributed by atoms with Crippen LogP contribution in [0.1, 0.15) is 22.3 Å². The fourth-order valence-corrected chi connectivity index (χ4v) is 6.01. The Kier molecular flexibility index (Phi) is 6.56. The van der Waals surface area contributed by atoms with Crippen LogP contribution in [-0.4, -0.2) is 10.2 Å². The molecular formula is C30H15F9N2OS. The Bertz CT molecular complexity index is 2010. The van der Waals surface area contributed by atoms with Gasteiger partial charge in [0.25, 0.3) is 0 Å². The molecule has 2 heterocycles. The van der Waals surface area contributed by atoms with Crippen LogP contribution >= 0.6 is 11.3 Å². The quantitative estimate of drug-likeness (QED) is 0.146. The molecule has 220 valence electrons. The maximum Gasteiger partial charge on any atom is 0.420 e. The van der Waals surface area contributed by atoms with Gasteiger partial charge >= 0.3 is 18.5 Å². The lowest BCUT2D eigenvalue weighted by atomic mass is 9.96. The largest absolute Gasteiger partial charge is 0.436 e. The zero-order valence-electron chi connectivity index (χ0n) is 21.5. The van der Waals surface area contributed by atoms with Gasteiger partial charge in [-0.3, -0.25) is 0 Å². The average Bonchev–Trinajstić information content (AvgIpc) is 3.35. The number of hydrogen-bond acceptors (Lipinski definition) is 4. The van der Waals surface area contributed by atoms with Crippen molar-refractivity contribution >= 4 is 43.0 Å². The Labute approximate surface area is 240 Å². The van der Waals surface area contributed by atoms with E-state index < -0.39 is 58.5 Å². The molecule has 0 amide bonds. The van der Waals surface area contributed by atoms with Crippen LogP contribution in [0.3, 0.4) is 0 Å². The van der Waals surface area contributed by atoms with Crippen molar-refractivity contribution in [3.63, 3.8) is 0 Å². The van der Waals surface area contributed by atoms with E-state index in [1.807, 2.05) is 30.3 Å². The van der Waals surface area contributed by atoms with E-state index in [-0.39, 0.29) is 5.39 Å². The van der Waals surface area contributed by atoms with Gasteiger partial charge in [-0.25, -0.2) is 0 Å². The topological polar surface area (TPSA) is 35.0 Å². The van der Waals surface area contributed by atoms with Crippen LogP contribution in [0.15, 0.2) is 72.8 Å². The van der Waals surface area contributed by atoms with Crippen molar-refractivity contribution in [3.8, 4) is 22.2 Å². The average molecular weight is 623 g/mol. The molecule has 3 nitrogen and oxygen atoms in total. The fourth-order valence-electron chi connectivity index (χ4n) is 4.95. The number of alkyl halides is 9. The molecule has 6 aromatic rings. The molecule has 0 spiro atoms. The Morgan fingerprint density at radius 3 is 1.79 bits per heavy atom. The number of aromatic nitrogens is 2. The van der Waals surface area contributed by atoms with Crippen LogP contribution in [0.4, 0.5) is 39.5 Å². The molecule has 0 aliphatic carbocycles. The molecule has 6 rings (SSSR count). The molecule has 0 aliphatic rings. The van der Waals surface area contributed by atoms with Crippen molar-refractivity contribution in [3.05, 3.63) is 95.1 Å². The van der Waals surface area contributed by atoms with Crippen molar-refractivity contribution in [2.24, 2.45) is 0 Å². The van der Waals surface area contributed by atoms with E-state index in [0.717, 1.165) is 10.1 Å². The highest BCUT2D eigenvalue weighted by Crippen LogP contribution is 2.51. The summed E-state index contributed by atoms with van der Waals surface area (Å²) in [5.41, 5.74) is -7.72. The predicted octanol–water partition coefficient (Wildman–Crippen LogP) is 10.8. The highest BCUT2D eigenvalue weighted by Gasteiger charge is 2.49. The van der Waals surface area contributed by atoms with Crippen molar-refractivity contribution in [1.29, 1.82) is 0 Å². The molecule has 43 heavy (non-hydrogen) atoms. The maximum atomic E-state index is 14.2. The van der Waals surface area contributed by atoms with E-state index in [9.17, 15) is 39.5 Å². The third-order valence-electron chi connectivity index (χ3n) is 6.89. The van der Waals surface area contributed by atoms with Gasteiger partial charge in [-0.05, 0) is 53.4 Å². The van der Waals surface area contributed by atoms with Gasteiger partial charge in [0.2, 0.25) is 5.88 Å². The molecule has 0 saturated carbocycles. The van der Waals surface area contributed by atoms with Crippen LogP contribution in [0, 0.1) is 6.92 Å². The number of benzene rings is 4. The van der Waals surface area contributed by atoms with Gasteiger partial charge in [0.15, 0.2) is 0 Å². The summed E-state index contributed by atoms with van der Waals surface area (Å²) in [7, 11) is 0.